The second-order valence-electron chi connectivity index (χ2n) is 6.66. The highest BCUT2D eigenvalue weighted by atomic mass is 35.5. The summed E-state index contributed by atoms with van der Waals surface area (Å²) in [6.07, 6.45) is 6.53. The maximum absolute atomic E-state index is 6.28. The van der Waals surface area contributed by atoms with E-state index in [2.05, 4.69) is 24.4 Å². The van der Waals surface area contributed by atoms with E-state index in [1.165, 1.54) is 37.7 Å². The van der Waals surface area contributed by atoms with Crippen LogP contribution in [0.2, 0.25) is 10.0 Å². The fourth-order valence-corrected chi connectivity index (χ4v) is 4.44. The van der Waals surface area contributed by atoms with Crippen LogP contribution in [0.5, 0.6) is 0 Å². The van der Waals surface area contributed by atoms with Crippen molar-refractivity contribution >= 4 is 23.2 Å². The lowest BCUT2D eigenvalue weighted by atomic mass is 9.60. The molecule has 1 atom stereocenters. The molecule has 3 heteroatoms. The van der Waals surface area contributed by atoms with Gasteiger partial charge in [-0.3, -0.25) is 0 Å². The van der Waals surface area contributed by atoms with E-state index in [0.717, 1.165) is 24.9 Å². The highest BCUT2D eigenvalue weighted by Crippen LogP contribution is 2.49. The fraction of sp³-hybridized carbons (Fsp3) is 0.647. The van der Waals surface area contributed by atoms with Crippen molar-refractivity contribution in [3.8, 4) is 0 Å². The lowest BCUT2D eigenvalue weighted by molar-refractivity contribution is 0.171. The monoisotopic (exact) mass is 311 g/mol. The third-order valence-electron chi connectivity index (χ3n) is 5.50. The van der Waals surface area contributed by atoms with Crippen LogP contribution >= 0.6 is 23.2 Å². The second-order valence-corrected chi connectivity index (χ2v) is 7.47. The van der Waals surface area contributed by atoms with Crippen LogP contribution in [0.4, 0.5) is 0 Å². The Hall–Kier alpha value is -0.240. The minimum Gasteiger partial charge on any atom is -0.316 e. The Kier molecular flexibility index (Phi) is 4.31. The molecule has 1 N–H and O–H groups in total. The van der Waals surface area contributed by atoms with E-state index in [0.29, 0.717) is 15.5 Å². The first-order valence-electron chi connectivity index (χ1n) is 7.78. The number of hydrogen-bond acceptors (Lipinski definition) is 1. The molecule has 0 radical (unpaired) electrons. The Morgan fingerprint density at radius 2 is 1.85 bits per heavy atom. The highest BCUT2D eigenvalue weighted by Gasteiger charge is 2.43. The van der Waals surface area contributed by atoms with Crippen molar-refractivity contribution in [1.82, 2.24) is 5.32 Å². The van der Waals surface area contributed by atoms with E-state index in [1.54, 1.807) is 0 Å². The fourth-order valence-electron chi connectivity index (χ4n) is 4.14. The molecule has 0 aromatic heterocycles. The van der Waals surface area contributed by atoms with Gasteiger partial charge in [-0.15, -0.1) is 0 Å². The van der Waals surface area contributed by atoms with Crippen molar-refractivity contribution in [2.75, 3.05) is 13.1 Å². The van der Waals surface area contributed by atoms with Crippen molar-refractivity contribution in [3.63, 3.8) is 0 Å². The van der Waals surface area contributed by atoms with Crippen LogP contribution in [-0.4, -0.2) is 13.1 Å². The Morgan fingerprint density at radius 1 is 1.10 bits per heavy atom. The second kappa shape index (κ2) is 5.87. The number of benzene rings is 1. The molecule has 1 nitrogen and oxygen atoms in total. The molecule has 2 aliphatic rings. The molecular formula is C17H23Cl2N. The van der Waals surface area contributed by atoms with Crippen molar-refractivity contribution in [2.24, 2.45) is 11.8 Å². The molecule has 0 unspecified atom stereocenters. The van der Waals surface area contributed by atoms with E-state index in [-0.39, 0.29) is 0 Å². The first-order valence-corrected chi connectivity index (χ1v) is 8.54. The van der Waals surface area contributed by atoms with Crippen LogP contribution in [0.25, 0.3) is 0 Å². The van der Waals surface area contributed by atoms with Gasteiger partial charge in [0, 0.05) is 0 Å². The normalized spacial score (nSPS) is 34.4. The van der Waals surface area contributed by atoms with Crippen molar-refractivity contribution < 1.29 is 0 Å². The minimum atomic E-state index is 0.310. The Balaban J connectivity index is 1.97. The van der Waals surface area contributed by atoms with E-state index in [4.69, 9.17) is 23.2 Å². The SMILES string of the molecule is C[C@H]1CC[C@@](c2ccc(Cl)c(Cl)c2)([C@H]2CCNC2)CC1. The average molecular weight is 312 g/mol. The van der Waals surface area contributed by atoms with E-state index >= 15 is 0 Å². The summed E-state index contributed by atoms with van der Waals surface area (Å²) in [4.78, 5) is 0. The Bertz CT molecular complexity index is 472. The quantitative estimate of drug-likeness (QED) is 0.805. The van der Waals surface area contributed by atoms with Crippen LogP contribution in [0.1, 0.15) is 44.6 Å². The molecule has 110 valence electrons. The summed E-state index contributed by atoms with van der Waals surface area (Å²) in [7, 11) is 0. The highest BCUT2D eigenvalue weighted by molar-refractivity contribution is 6.42. The predicted octanol–water partition coefficient (Wildman–Crippen LogP) is 5.05. The molecule has 2 fully saturated rings. The summed E-state index contributed by atoms with van der Waals surface area (Å²) in [6, 6.07) is 6.31. The van der Waals surface area contributed by atoms with Gasteiger partial charge in [0.25, 0.3) is 0 Å². The first kappa shape index (κ1) is 14.7. The number of nitrogens with one attached hydrogen (secondary N) is 1. The Labute approximate surface area is 132 Å². The van der Waals surface area contributed by atoms with Gasteiger partial charge < -0.3 is 5.32 Å². The number of hydrogen-bond donors (Lipinski definition) is 1. The van der Waals surface area contributed by atoms with Gasteiger partial charge in [0.15, 0.2) is 0 Å². The summed E-state index contributed by atoms with van der Waals surface area (Å²) in [6.45, 7) is 4.68. The predicted molar refractivity (Wildman–Crippen MR) is 86.7 cm³/mol. The van der Waals surface area contributed by atoms with Gasteiger partial charge in [-0.25, -0.2) is 0 Å². The zero-order chi connectivity index (χ0) is 14.2. The van der Waals surface area contributed by atoms with Crippen LogP contribution < -0.4 is 5.32 Å². The molecule has 1 saturated heterocycles. The van der Waals surface area contributed by atoms with Crippen LogP contribution in [-0.2, 0) is 5.41 Å². The summed E-state index contributed by atoms with van der Waals surface area (Å²) < 4.78 is 0. The van der Waals surface area contributed by atoms with Gasteiger partial charge in [-0.05, 0) is 80.1 Å². The zero-order valence-electron chi connectivity index (χ0n) is 12.1. The van der Waals surface area contributed by atoms with Gasteiger partial charge in [0.05, 0.1) is 10.0 Å². The third-order valence-corrected chi connectivity index (χ3v) is 6.24. The average Bonchev–Trinajstić information content (AvgIpc) is 2.98. The minimum absolute atomic E-state index is 0.310. The standard InChI is InChI=1S/C17H23Cl2N/c1-12-4-7-17(8-5-12,14-6-9-20-11-14)13-2-3-15(18)16(19)10-13/h2-3,10,12,14,20H,4-9,11H2,1H3/t12-,14-,17+/m0/s1. The molecule has 20 heavy (non-hydrogen) atoms. The van der Waals surface area contributed by atoms with Crippen LogP contribution in [0.15, 0.2) is 18.2 Å². The molecule has 1 aliphatic heterocycles. The molecule has 1 saturated carbocycles. The maximum Gasteiger partial charge on any atom is 0.0595 e. The summed E-state index contributed by atoms with van der Waals surface area (Å²) in [5.41, 5.74) is 1.72. The first-order chi connectivity index (χ1) is 9.62. The molecule has 0 spiro atoms. The number of halogens is 2. The smallest absolute Gasteiger partial charge is 0.0595 e. The van der Waals surface area contributed by atoms with Gasteiger partial charge >= 0.3 is 0 Å². The molecule has 1 aromatic rings. The molecule has 0 bridgehead atoms. The maximum atomic E-state index is 6.28. The van der Waals surface area contributed by atoms with Gasteiger partial charge in [0.1, 0.15) is 0 Å². The van der Waals surface area contributed by atoms with Crippen LogP contribution in [0.3, 0.4) is 0 Å². The lowest BCUT2D eigenvalue weighted by Gasteiger charge is -2.44. The summed E-state index contributed by atoms with van der Waals surface area (Å²) >= 11 is 12.4. The third kappa shape index (κ3) is 2.61. The zero-order valence-corrected chi connectivity index (χ0v) is 13.6. The van der Waals surface area contributed by atoms with Crippen molar-refractivity contribution in [1.29, 1.82) is 0 Å². The summed E-state index contributed by atoms with van der Waals surface area (Å²) in [5.74, 6) is 1.60. The molecule has 3 rings (SSSR count). The molecule has 1 aliphatic carbocycles. The molecule has 1 heterocycles. The van der Waals surface area contributed by atoms with Gasteiger partial charge in [-0.1, -0.05) is 36.2 Å². The summed E-state index contributed by atoms with van der Waals surface area (Å²) in [5, 5.41) is 4.91. The van der Waals surface area contributed by atoms with E-state index < -0.39 is 0 Å². The lowest BCUT2D eigenvalue weighted by Crippen LogP contribution is -2.40. The molecule has 1 aromatic carbocycles. The Morgan fingerprint density at radius 3 is 2.45 bits per heavy atom. The largest absolute Gasteiger partial charge is 0.316 e. The van der Waals surface area contributed by atoms with Gasteiger partial charge in [0.2, 0.25) is 0 Å². The van der Waals surface area contributed by atoms with Gasteiger partial charge in [-0.2, -0.15) is 0 Å². The number of rotatable bonds is 2. The van der Waals surface area contributed by atoms with Crippen molar-refractivity contribution in [2.45, 2.75) is 44.4 Å². The van der Waals surface area contributed by atoms with Crippen molar-refractivity contribution in [3.05, 3.63) is 33.8 Å². The topological polar surface area (TPSA) is 12.0 Å². The van der Waals surface area contributed by atoms with Crippen LogP contribution in [0, 0.1) is 11.8 Å². The molecular weight excluding hydrogens is 289 g/mol. The molecule has 0 amide bonds. The van der Waals surface area contributed by atoms with E-state index in [1.807, 2.05) is 6.07 Å². The van der Waals surface area contributed by atoms with E-state index in [9.17, 15) is 0 Å².